The first-order valence-electron chi connectivity index (χ1n) is 6.57. The first-order chi connectivity index (χ1) is 9.47. The summed E-state index contributed by atoms with van der Waals surface area (Å²) in [6.45, 7) is 4.70. The molecule has 0 bridgehead atoms. The Kier molecular flexibility index (Phi) is 6.21. The quantitative estimate of drug-likeness (QED) is 0.646. The van der Waals surface area contributed by atoms with Crippen LogP contribution in [0.1, 0.15) is 25.0 Å². The van der Waals surface area contributed by atoms with Gasteiger partial charge in [-0.15, -0.1) is 0 Å². The zero-order chi connectivity index (χ0) is 15.1. The molecule has 0 saturated carbocycles. The van der Waals surface area contributed by atoms with Crippen LogP contribution in [0.5, 0.6) is 5.75 Å². The molecule has 1 aromatic rings. The summed E-state index contributed by atoms with van der Waals surface area (Å²) in [5.74, 6) is 0.543. The van der Waals surface area contributed by atoms with E-state index in [1.165, 1.54) is 6.07 Å². The molecule has 0 heterocycles. The first-order valence-corrected chi connectivity index (χ1v) is 6.57. The van der Waals surface area contributed by atoms with Crippen LogP contribution in [0.4, 0.5) is 8.78 Å². The third-order valence-corrected chi connectivity index (χ3v) is 2.93. The standard InChI is InChI=1S/C14H21F2N3O/c1-4-19(5-2)14(17)18-9-11-8-10(3)6-7-12(11)20-13(15)16/h6-8,13H,4-5,9H2,1-3H3,(H2,17,18). The van der Waals surface area contributed by atoms with Crippen LogP contribution in [0.15, 0.2) is 23.2 Å². The monoisotopic (exact) mass is 285 g/mol. The van der Waals surface area contributed by atoms with E-state index in [1.54, 1.807) is 12.1 Å². The van der Waals surface area contributed by atoms with Crippen molar-refractivity contribution in [1.29, 1.82) is 0 Å². The number of aliphatic imine (C=N–C) groups is 1. The lowest BCUT2D eigenvalue weighted by molar-refractivity contribution is -0.0504. The van der Waals surface area contributed by atoms with Gasteiger partial charge in [-0.1, -0.05) is 17.7 Å². The van der Waals surface area contributed by atoms with Crippen LogP contribution >= 0.6 is 0 Å². The molecule has 0 saturated heterocycles. The number of alkyl halides is 2. The van der Waals surface area contributed by atoms with E-state index in [0.29, 0.717) is 11.5 Å². The zero-order valence-corrected chi connectivity index (χ0v) is 12.1. The predicted molar refractivity (Wildman–Crippen MR) is 76.1 cm³/mol. The maximum atomic E-state index is 12.3. The van der Waals surface area contributed by atoms with Crippen LogP contribution in [0.3, 0.4) is 0 Å². The SMILES string of the molecule is CCN(CC)C(N)=NCc1cc(C)ccc1OC(F)F. The highest BCUT2D eigenvalue weighted by Crippen LogP contribution is 2.22. The topological polar surface area (TPSA) is 50.8 Å². The molecule has 1 aromatic carbocycles. The molecule has 0 aliphatic carbocycles. The molecule has 20 heavy (non-hydrogen) atoms. The Morgan fingerprint density at radius 1 is 1.35 bits per heavy atom. The Bertz CT molecular complexity index is 460. The number of nitrogens with two attached hydrogens (primary N) is 1. The summed E-state index contributed by atoms with van der Waals surface area (Å²) in [6.07, 6.45) is 0. The lowest BCUT2D eigenvalue weighted by Gasteiger charge is -2.19. The van der Waals surface area contributed by atoms with E-state index >= 15 is 0 Å². The van der Waals surface area contributed by atoms with Gasteiger partial charge < -0.3 is 15.4 Å². The average molecular weight is 285 g/mol. The molecule has 1 rings (SSSR count). The number of aryl methyl sites for hydroxylation is 1. The third-order valence-electron chi connectivity index (χ3n) is 2.93. The molecule has 2 N–H and O–H groups in total. The maximum absolute atomic E-state index is 12.3. The van der Waals surface area contributed by atoms with Gasteiger partial charge in [0.1, 0.15) is 5.75 Å². The van der Waals surface area contributed by atoms with Crippen molar-refractivity contribution in [3.05, 3.63) is 29.3 Å². The smallest absolute Gasteiger partial charge is 0.387 e. The first kappa shape index (κ1) is 16.2. The van der Waals surface area contributed by atoms with Crippen molar-refractivity contribution in [1.82, 2.24) is 4.90 Å². The summed E-state index contributed by atoms with van der Waals surface area (Å²) >= 11 is 0. The van der Waals surface area contributed by atoms with Crippen LogP contribution in [-0.2, 0) is 6.54 Å². The lowest BCUT2D eigenvalue weighted by Crippen LogP contribution is -2.37. The maximum Gasteiger partial charge on any atom is 0.387 e. The van der Waals surface area contributed by atoms with Gasteiger partial charge in [0, 0.05) is 18.7 Å². The van der Waals surface area contributed by atoms with E-state index in [2.05, 4.69) is 9.73 Å². The van der Waals surface area contributed by atoms with Gasteiger partial charge >= 0.3 is 6.61 Å². The molecule has 0 radical (unpaired) electrons. The fourth-order valence-corrected chi connectivity index (χ4v) is 1.86. The van der Waals surface area contributed by atoms with Gasteiger partial charge in [-0.05, 0) is 26.8 Å². The second kappa shape index (κ2) is 7.67. The van der Waals surface area contributed by atoms with E-state index in [9.17, 15) is 8.78 Å². The number of hydrogen-bond donors (Lipinski definition) is 1. The van der Waals surface area contributed by atoms with Crippen LogP contribution in [0.25, 0.3) is 0 Å². The Balaban J connectivity index is 2.90. The van der Waals surface area contributed by atoms with Crippen molar-refractivity contribution in [2.75, 3.05) is 13.1 Å². The van der Waals surface area contributed by atoms with Crippen LogP contribution in [0.2, 0.25) is 0 Å². The number of nitrogens with zero attached hydrogens (tertiary/aromatic N) is 2. The van der Waals surface area contributed by atoms with Crippen molar-refractivity contribution < 1.29 is 13.5 Å². The molecule has 112 valence electrons. The highest BCUT2D eigenvalue weighted by molar-refractivity contribution is 5.78. The summed E-state index contributed by atoms with van der Waals surface area (Å²) in [7, 11) is 0. The van der Waals surface area contributed by atoms with Crippen molar-refractivity contribution in [3.8, 4) is 5.75 Å². The predicted octanol–water partition coefficient (Wildman–Crippen LogP) is 2.75. The Morgan fingerprint density at radius 3 is 2.55 bits per heavy atom. The number of halogens is 2. The lowest BCUT2D eigenvalue weighted by atomic mass is 10.1. The van der Waals surface area contributed by atoms with Gasteiger partial charge in [-0.25, -0.2) is 4.99 Å². The minimum Gasteiger partial charge on any atom is -0.434 e. The van der Waals surface area contributed by atoms with Gasteiger partial charge in [0.2, 0.25) is 0 Å². The van der Waals surface area contributed by atoms with Crippen LogP contribution in [-0.4, -0.2) is 30.6 Å². The Labute approximate surface area is 118 Å². The number of benzene rings is 1. The highest BCUT2D eigenvalue weighted by Gasteiger charge is 2.10. The molecule has 6 heteroatoms. The molecule has 0 fully saturated rings. The Morgan fingerprint density at radius 2 is 2.00 bits per heavy atom. The normalized spacial score (nSPS) is 11.8. The molecule has 0 unspecified atom stereocenters. The van der Waals surface area contributed by atoms with Crippen molar-refractivity contribution in [3.63, 3.8) is 0 Å². The van der Waals surface area contributed by atoms with Crippen molar-refractivity contribution >= 4 is 5.96 Å². The minimum atomic E-state index is -2.85. The average Bonchev–Trinajstić information content (AvgIpc) is 2.40. The van der Waals surface area contributed by atoms with Gasteiger partial charge in [-0.2, -0.15) is 8.78 Å². The fourth-order valence-electron chi connectivity index (χ4n) is 1.86. The van der Waals surface area contributed by atoms with Gasteiger partial charge in [0.05, 0.1) is 6.54 Å². The molecular formula is C14H21F2N3O. The summed E-state index contributed by atoms with van der Waals surface area (Å²) in [6, 6.07) is 5.02. The van der Waals surface area contributed by atoms with Crippen LogP contribution in [0, 0.1) is 6.92 Å². The molecule has 0 spiro atoms. The van der Waals surface area contributed by atoms with Gasteiger partial charge in [-0.3, -0.25) is 0 Å². The molecular weight excluding hydrogens is 264 g/mol. The number of hydrogen-bond acceptors (Lipinski definition) is 2. The van der Waals surface area contributed by atoms with Crippen molar-refractivity contribution in [2.24, 2.45) is 10.7 Å². The molecule has 0 aliphatic rings. The number of guanidine groups is 1. The number of rotatable bonds is 6. The van der Waals surface area contributed by atoms with E-state index in [-0.39, 0.29) is 12.3 Å². The molecule has 4 nitrogen and oxygen atoms in total. The molecule has 0 atom stereocenters. The van der Waals surface area contributed by atoms with Crippen molar-refractivity contribution in [2.45, 2.75) is 33.9 Å². The second-order valence-corrected chi connectivity index (χ2v) is 4.34. The molecule has 0 aromatic heterocycles. The largest absolute Gasteiger partial charge is 0.434 e. The zero-order valence-electron chi connectivity index (χ0n) is 12.1. The molecule has 0 aliphatic heterocycles. The Hall–Kier alpha value is -1.85. The summed E-state index contributed by atoms with van der Waals surface area (Å²) in [5.41, 5.74) is 7.42. The summed E-state index contributed by atoms with van der Waals surface area (Å²) < 4.78 is 29.2. The van der Waals surface area contributed by atoms with E-state index in [4.69, 9.17) is 5.73 Å². The van der Waals surface area contributed by atoms with Crippen LogP contribution < -0.4 is 10.5 Å². The third kappa shape index (κ3) is 4.68. The summed E-state index contributed by atoms with van der Waals surface area (Å²) in [5, 5.41) is 0. The van der Waals surface area contributed by atoms with E-state index < -0.39 is 6.61 Å². The van der Waals surface area contributed by atoms with E-state index in [0.717, 1.165) is 18.7 Å². The molecule has 0 amide bonds. The summed E-state index contributed by atoms with van der Waals surface area (Å²) in [4.78, 5) is 6.13. The minimum absolute atomic E-state index is 0.140. The van der Waals surface area contributed by atoms with E-state index in [1.807, 2.05) is 25.7 Å². The fraction of sp³-hybridized carbons (Fsp3) is 0.500. The van der Waals surface area contributed by atoms with Gasteiger partial charge in [0.15, 0.2) is 5.96 Å². The van der Waals surface area contributed by atoms with Gasteiger partial charge in [0.25, 0.3) is 0 Å². The second-order valence-electron chi connectivity index (χ2n) is 4.34. The highest BCUT2D eigenvalue weighted by atomic mass is 19.3. The number of ether oxygens (including phenoxy) is 1.